The van der Waals surface area contributed by atoms with Gasteiger partial charge in [-0.25, -0.2) is 14.0 Å². The molecule has 0 heterocycles. The van der Waals surface area contributed by atoms with Gasteiger partial charge in [0.25, 0.3) is 0 Å². The quantitative estimate of drug-likeness (QED) is 0.783. The first-order valence-corrected chi connectivity index (χ1v) is 6.09. The lowest BCUT2D eigenvalue weighted by atomic mass is 10.1. The number of likely N-dealkylation sites (N-methyl/N-ethyl adjacent to an activating group) is 1. The minimum atomic E-state index is -1.43. The minimum Gasteiger partial charge on any atom is -0.478 e. The molecule has 0 aliphatic heterocycles. The predicted molar refractivity (Wildman–Crippen MR) is 71.5 cm³/mol. The van der Waals surface area contributed by atoms with E-state index in [1.165, 1.54) is 24.1 Å². The number of nitrogens with zero attached hydrogens (tertiary/aromatic N) is 1. The van der Waals surface area contributed by atoms with Crippen molar-refractivity contribution >= 4 is 17.7 Å². The van der Waals surface area contributed by atoms with E-state index in [1.54, 1.807) is 0 Å². The van der Waals surface area contributed by atoms with E-state index >= 15 is 0 Å². The van der Waals surface area contributed by atoms with Crippen LogP contribution in [0, 0.1) is 5.82 Å². The number of hydrogen-bond acceptors (Lipinski definition) is 3. The van der Waals surface area contributed by atoms with Crippen molar-refractivity contribution in [1.29, 1.82) is 0 Å². The second kappa shape index (κ2) is 7.44. The average molecular weight is 284 g/mol. The fourth-order valence-corrected chi connectivity index (χ4v) is 1.50. The van der Waals surface area contributed by atoms with Gasteiger partial charge in [0, 0.05) is 20.2 Å². The Bertz CT molecular complexity index is 493. The number of urea groups is 1. The van der Waals surface area contributed by atoms with Crippen LogP contribution in [0.3, 0.4) is 0 Å². The van der Waals surface area contributed by atoms with Gasteiger partial charge in [0.2, 0.25) is 0 Å². The Morgan fingerprint density at radius 2 is 2.15 bits per heavy atom. The van der Waals surface area contributed by atoms with Crippen LogP contribution in [-0.4, -0.2) is 48.8 Å². The fourth-order valence-electron chi connectivity index (χ4n) is 1.50. The molecular formula is C13H17FN2O4. The van der Waals surface area contributed by atoms with Gasteiger partial charge in [0.15, 0.2) is 0 Å². The first-order chi connectivity index (χ1) is 9.47. The largest absolute Gasteiger partial charge is 0.478 e. The molecule has 0 fully saturated rings. The summed E-state index contributed by atoms with van der Waals surface area (Å²) in [6.07, 6.45) is 0. The fraction of sp³-hybridized carbons (Fsp3) is 0.385. The van der Waals surface area contributed by atoms with E-state index in [0.717, 1.165) is 6.07 Å². The third kappa shape index (κ3) is 4.20. The Labute approximate surface area is 116 Å². The van der Waals surface area contributed by atoms with Crippen molar-refractivity contribution in [2.24, 2.45) is 0 Å². The number of aromatic carboxylic acids is 1. The van der Waals surface area contributed by atoms with Crippen LogP contribution in [-0.2, 0) is 4.74 Å². The number of benzene rings is 1. The molecule has 110 valence electrons. The summed E-state index contributed by atoms with van der Waals surface area (Å²) in [4.78, 5) is 24.1. The maximum absolute atomic E-state index is 13.4. The van der Waals surface area contributed by atoms with Gasteiger partial charge >= 0.3 is 12.0 Å². The van der Waals surface area contributed by atoms with Gasteiger partial charge in [-0.2, -0.15) is 0 Å². The second-order valence-corrected chi connectivity index (χ2v) is 4.02. The predicted octanol–water partition coefficient (Wildman–Crippen LogP) is 2.02. The van der Waals surface area contributed by atoms with Crippen LogP contribution in [0.1, 0.15) is 17.3 Å². The third-order valence-electron chi connectivity index (χ3n) is 2.59. The van der Waals surface area contributed by atoms with E-state index in [4.69, 9.17) is 9.84 Å². The van der Waals surface area contributed by atoms with Gasteiger partial charge in [-0.15, -0.1) is 0 Å². The lowest BCUT2D eigenvalue weighted by molar-refractivity contribution is 0.0693. The topological polar surface area (TPSA) is 78.9 Å². The zero-order chi connectivity index (χ0) is 15.1. The standard InChI is InChI=1S/C13H17FN2O4/c1-3-20-8-7-16(2)13(19)15-10-6-4-5-9(14)11(10)12(17)18/h4-6H,3,7-8H2,1-2H3,(H,15,19)(H,17,18). The molecule has 0 aromatic heterocycles. The summed E-state index contributed by atoms with van der Waals surface area (Å²) >= 11 is 0. The van der Waals surface area contributed by atoms with E-state index in [1.807, 2.05) is 6.92 Å². The van der Waals surface area contributed by atoms with Crippen molar-refractivity contribution in [3.05, 3.63) is 29.6 Å². The summed E-state index contributed by atoms with van der Waals surface area (Å²) < 4.78 is 18.5. The number of halogens is 1. The summed E-state index contributed by atoms with van der Waals surface area (Å²) in [6.45, 7) is 3.10. The first kappa shape index (κ1) is 15.9. The van der Waals surface area contributed by atoms with Crippen LogP contribution in [0.25, 0.3) is 0 Å². The number of anilines is 1. The SMILES string of the molecule is CCOCCN(C)C(=O)Nc1cccc(F)c1C(=O)O. The number of carbonyl (C=O) groups excluding carboxylic acids is 1. The van der Waals surface area contributed by atoms with Crippen molar-refractivity contribution in [2.75, 3.05) is 32.1 Å². The van der Waals surface area contributed by atoms with Gasteiger partial charge in [0.1, 0.15) is 11.4 Å². The molecule has 20 heavy (non-hydrogen) atoms. The van der Waals surface area contributed by atoms with E-state index in [9.17, 15) is 14.0 Å². The molecule has 0 radical (unpaired) electrons. The Morgan fingerprint density at radius 3 is 2.75 bits per heavy atom. The van der Waals surface area contributed by atoms with Gasteiger partial charge in [0.05, 0.1) is 12.3 Å². The third-order valence-corrected chi connectivity index (χ3v) is 2.59. The van der Waals surface area contributed by atoms with Crippen molar-refractivity contribution in [3.8, 4) is 0 Å². The number of amides is 2. The number of rotatable bonds is 6. The van der Waals surface area contributed by atoms with E-state index in [-0.39, 0.29) is 5.69 Å². The normalized spacial score (nSPS) is 10.2. The molecule has 1 rings (SSSR count). The molecule has 0 aliphatic carbocycles. The number of nitrogens with one attached hydrogen (secondary N) is 1. The van der Waals surface area contributed by atoms with E-state index in [2.05, 4.69) is 5.32 Å². The maximum Gasteiger partial charge on any atom is 0.340 e. The van der Waals surface area contributed by atoms with Crippen LogP contribution in [0.5, 0.6) is 0 Å². The summed E-state index contributed by atoms with van der Waals surface area (Å²) in [6, 6.07) is 3.16. The molecule has 6 nitrogen and oxygen atoms in total. The molecule has 1 aromatic rings. The number of carboxylic acid groups (broad SMARTS) is 1. The highest BCUT2D eigenvalue weighted by Crippen LogP contribution is 2.19. The van der Waals surface area contributed by atoms with Gasteiger partial charge < -0.3 is 20.1 Å². The lowest BCUT2D eigenvalue weighted by Crippen LogP contribution is -2.34. The Morgan fingerprint density at radius 1 is 1.45 bits per heavy atom. The molecule has 2 N–H and O–H groups in total. The van der Waals surface area contributed by atoms with Crippen molar-refractivity contribution < 1.29 is 23.8 Å². The zero-order valence-corrected chi connectivity index (χ0v) is 11.4. The number of carbonyl (C=O) groups is 2. The Hall–Kier alpha value is -2.15. The number of carboxylic acids is 1. The molecular weight excluding hydrogens is 267 g/mol. The van der Waals surface area contributed by atoms with E-state index < -0.39 is 23.4 Å². The van der Waals surface area contributed by atoms with Crippen molar-refractivity contribution in [3.63, 3.8) is 0 Å². The molecule has 0 atom stereocenters. The van der Waals surface area contributed by atoms with Crippen LogP contribution < -0.4 is 5.32 Å². The smallest absolute Gasteiger partial charge is 0.340 e. The molecule has 0 saturated carbocycles. The van der Waals surface area contributed by atoms with Crippen LogP contribution >= 0.6 is 0 Å². The van der Waals surface area contributed by atoms with Crippen molar-refractivity contribution in [1.82, 2.24) is 4.90 Å². The number of ether oxygens (including phenoxy) is 1. The molecule has 0 saturated heterocycles. The van der Waals surface area contributed by atoms with E-state index in [0.29, 0.717) is 19.8 Å². The molecule has 0 spiro atoms. The van der Waals surface area contributed by atoms with Crippen molar-refractivity contribution in [2.45, 2.75) is 6.92 Å². The summed E-state index contributed by atoms with van der Waals surface area (Å²) in [5, 5.41) is 11.3. The minimum absolute atomic E-state index is 0.0780. The van der Waals surface area contributed by atoms with Gasteiger partial charge in [-0.1, -0.05) is 6.07 Å². The molecule has 1 aromatic carbocycles. The molecule has 0 bridgehead atoms. The van der Waals surface area contributed by atoms with Crippen LogP contribution in [0.2, 0.25) is 0 Å². The highest BCUT2D eigenvalue weighted by atomic mass is 19.1. The van der Waals surface area contributed by atoms with Crippen LogP contribution in [0.4, 0.5) is 14.9 Å². The Balaban J connectivity index is 2.75. The van der Waals surface area contributed by atoms with Gasteiger partial charge in [-0.05, 0) is 19.1 Å². The number of hydrogen-bond donors (Lipinski definition) is 2. The zero-order valence-electron chi connectivity index (χ0n) is 11.4. The molecule has 2 amide bonds. The highest BCUT2D eigenvalue weighted by Gasteiger charge is 2.18. The first-order valence-electron chi connectivity index (χ1n) is 6.09. The van der Waals surface area contributed by atoms with Crippen LogP contribution in [0.15, 0.2) is 18.2 Å². The molecule has 0 unspecified atom stereocenters. The maximum atomic E-state index is 13.4. The summed E-state index contributed by atoms with van der Waals surface area (Å²) in [7, 11) is 1.54. The average Bonchev–Trinajstić information content (AvgIpc) is 2.38. The molecule has 7 heteroatoms. The second-order valence-electron chi connectivity index (χ2n) is 4.02. The molecule has 0 aliphatic rings. The highest BCUT2D eigenvalue weighted by molar-refractivity contribution is 6.00. The Kier molecular flexibility index (Phi) is 5.92. The summed E-state index contributed by atoms with van der Waals surface area (Å²) in [5.41, 5.74) is -0.634. The lowest BCUT2D eigenvalue weighted by Gasteiger charge is -2.18. The summed E-state index contributed by atoms with van der Waals surface area (Å²) in [5.74, 6) is -2.33. The monoisotopic (exact) mass is 284 g/mol. The van der Waals surface area contributed by atoms with Gasteiger partial charge in [-0.3, -0.25) is 0 Å².